The van der Waals surface area contributed by atoms with Gasteiger partial charge < -0.3 is 15.8 Å². The van der Waals surface area contributed by atoms with E-state index in [0.717, 1.165) is 21.8 Å². The van der Waals surface area contributed by atoms with E-state index in [0.29, 0.717) is 17.2 Å². The second kappa shape index (κ2) is 8.71. The maximum atomic E-state index is 13.5. The molecule has 5 heteroatoms. The largest absolute Gasteiger partial charge is 0.358 e. The second-order valence-electron chi connectivity index (χ2n) is 7.25. The van der Waals surface area contributed by atoms with Gasteiger partial charge in [0.05, 0.1) is 5.71 Å². The van der Waals surface area contributed by atoms with Gasteiger partial charge in [-0.25, -0.2) is 4.98 Å². The molecule has 0 atom stereocenters. The van der Waals surface area contributed by atoms with Gasteiger partial charge in [0.1, 0.15) is 0 Å². The maximum Gasteiger partial charge on any atom is 0.213 e. The van der Waals surface area contributed by atoms with Gasteiger partial charge in [-0.05, 0) is 37.0 Å². The Labute approximate surface area is 159 Å². The van der Waals surface area contributed by atoms with Gasteiger partial charge in [0, 0.05) is 45.4 Å². The minimum absolute atomic E-state index is 0.225. The molecule has 0 saturated carbocycles. The topological polar surface area (TPSA) is 76.4 Å². The number of aromatic amines is 1. The molecule has 2 aromatic rings. The highest BCUT2D eigenvalue weighted by atomic mass is 19.1. The van der Waals surface area contributed by atoms with E-state index in [1.165, 1.54) is 12.3 Å². The SMILES string of the molecule is Cc1cc(C(=N)/C=C\c2c(C(C)C)[nH]c(=C/C=N)/c2=C\C(C)C)cc(F)n1. The first-order valence-electron chi connectivity index (χ1n) is 9.08. The van der Waals surface area contributed by atoms with Crippen LogP contribution >= 0.6 is 0 Å². The Hall–Kier alpha value is -2.82. The number of hydrogen-bond acceptors (Lipinski definition) is 3. The summed E-state index contributed by atoms with van der Waals surface area (Å²) in [5, 5.41) is 17.6. The number of H-pyrrole nitrogens is 1. The normalized spacial score (nSPS) is 13.3. The molecule has 0 aliphatic rings. The summed E-state index contributed by atoms with van der Waals surface area (Å²) in [5.74, 6) is 0.0123. The number of nitrogens with one attached hydrogen (secondary N) is 3. The fourth-order valence-corrected chi connectivity index (χ4v) is 2.98. The zero-order valence-electron chi connectivity index (χ0n) is 16.5. The van der Waals surface area contributed by atoms with E-state index in [1.807, 2.05) is 6.08 Å². The first kappa shape index (κ1) is 20.5. The molecular formula is C22H27FN4. The van der Waals surface area contributed by atoms with Crippen LogP contribution in [0.4, 0.5) is 4.39 Å². The summed E-state index contributed by atoms with van der Waals surface area (Å²) in [7, 11) is 0. The fraction of sp³-hybridized carbons (Fsp3) is 0.318. The van der Waals surface area contributed by atoms with Crippen molar-refractivity contribution in [3.8, 4) is 0 Å². The van der Waals surface area contributed by atoms with Crippen LogP contribution in [0.1, 0.15) is 56.1 Å². The van der Waals surface area contributed by atoms with Crippen molar-refractivity contribution in [3.63, 3.8) is 0 Å². The van der Waals surface area contributed by atoms with E-state index in [9.17, 15) is 4.39 Å². The van der Waals surface area contributed by atoms with Crippen molar-refractivity contribution in [1.29, 1.82) is 10.8 Å². The summed E-state index contributed by atoms with van der Waals surface area (Å²) in [5.41, 5.74) is 3.32. The molecule has 2 aromatic heterocycles. The number of rotatable bonds is 6. The average molecular weight is 366 g/mol. The molecule has 2 heterocycles. The predicted octanol–water partition coefficient (Wildman–Crippen LogP) is 3.93. The molecule has 2 rings (SSSR count). The van der Waals surface area contributed by atoms with Gasteiger partial charge in [0.25, 0.3) is 0 Å². The predicted molar refractivity (Wildman–Crippen MR) is 111 cm³/mol. The monoisotopic (exact) mass is 366 g/mol. The summed E-state index contributed by atoms with van der Waals surface area (Å²) < 4.78 is 13.5. The van der Waals surface area contributed by atoms with E-state index in [2.05, 4.69) is 43.7 Å². The van der Waals surface area contributed by atoms with Gasteiger partial charge in [-0.1, -0.05) is 39.8 Å². The lowest BCUT2D eigenvalue weighted by molar-refractivity contribution is 0.579. The van der Waals surface area contributed by atoms with Crippen molar-refractivity contribution in [3.05, 3.63) is 57.2 Å². The standard InChI is InChI=1S/C22H27FN4/c1-13(2)10-18-17(22(14(3)4)27-20(18)8-9-24)6-7-19(25)16-11-15(5)26-21(23)12-16/h6-14,24-25,27H,1-5H3/b7-6-,18-10-,20-8+,24-9?,25-19?. The quantitative estimate of drug-likeness (QED) is 0.526. The fourth-order valence-electron chi connectivity index (χ4n) is 2.98. The van der Waals surface area contributed by atoms with Crippen LogP contribution in [-0.4, -0.2) is 21.9 Å². The van der Waals surface area contributed by atoms with E-state index in [4.69, 9.17) is 10.8 Å². The Morgan fingerprint density at radius 3 is 2.48 bits per heavy atom. The minimum Gasteiger partial charge on any atom is -0.358 e. The van der Waals surface area contributed by atoms with E-state index in [1.54, 1.807) is 25.1 Å². The number of aryl methyl sites for hydroxylation is 1. The second-order valence-corrected chi connectivity index (χ2v) is 7.25. The molecule has 0 radical (unpaired) electrons. The lowest BCUT2D eigenvalue weighted by atomic mass is 10.0. The van der Waals surface area contributed by atoms with Gasteiger partial charge in [-0.2, -0.15) is 4.39 Å². The van der Waals surface area contributed by atoms with Crippen LogP contribution in [0.15, 0.2) is 18.2 Å². The van der Waals surface area contributed by atoms with Gasteiger partial charge >= 0.3 is 0 Å². The third-order valence-corrected chi connectivity index (χ3v) is 4.12. The van der Waals surface area contributed by atoms with Crippen LogP contribution in [0.25, 0.3) is 18.2 Å². The number of pyridine rings is 1. The van der Waals surface area contributed by atoms with Crippen LogP contribution in [-0.2, 0) is 0 Å². The zero-order valence-corrected chi connectivity index (χ0v) is 16.5. The lowest BCUT2D eigenvalue weighted by Crippen LogP contribution is -2.25. The van der Waals surface area contributed by atoms with Crippen LogP contribution in [0.5, 0.6) is 0 Å². The Bertz CT molecular complexity index is 974. The van der Waals surface area contributed by atoms with Crippen LogP contribution in [0.2, 0.25) is 0 Å². The molecule has 0 bridgehead atoms. The van der Waals surface area contributed by atoms with Gasteiger partial charge in [0.15, 0.2) is 0 Å². The molecule has 0 spiro atoms. The zero-order chi connectivity index (χ0) is 20.1. The lowest BCUT2D eigenvalue weighted by Gasteiger charge is -2.05. The molecule has 27 heavy (non-hydrogen) atoms. The van der Waals surface area contributed by atoms with Crippen LogP contribution in [0.3, 0.4) is 0 Å². The van der Waals surface area contributed by atoms with Crippen molar-refractivity contribution < 1.29 is 4.39 Å². The van der Waals surface area contributed by atoms with E-state index >= 15 is 0 Å². The maximum absolute atomic E-state index is 13.5. The van der Waals surface area contributed by atoms with Gasteiger partial charge in [-0.15, -0.1) is 0 Å². The third kappa shape index (κ3) is 5.09. The van der Waals surface area contributed by atoms with E-state index < -0.39 is 5.95 Å². The van der Waals surface area contributed by atoms with E-state index in [-0.39, 0.29) is 11.6 Å². The molecule has 142 valence electrons. The van der Waals surface area contributed by atoms with Gasteiger partial charge in [0.2, 0.25) is 5.95 Å². The van der Waals surface area contributed by atoms with Crippen molar-refractivity contribution in [2.45, 2.75) is 40.5 Å². The van der Waals surface area contributed by atoms with Crippen LogP contribution in [0, 0.1) is 29.6 Å². The molecule has 0 amide bonds. The highest BCUT2D eigenvalue weighted by molar-refractivity contribution is 6.08. The number of hydrogen-bond donors (Lipinski definition) is 3. The number of nitrogens with zero attached hydrogens (tertiary/aromatic N) is 1. The molecule has 3 N–H and O–H groups in total. The third-order valence-electron chi connectivity index (χ3n) is 4.12. The summed E-state index contributed by atoms with van der Waals surface area (Å²) in [4.78, 5) is 7.13. The molecule has 4 nitrogen and oxygen atoms in total. The summed E-state index contributed by atoms with van der Waals surface area (Å²) in [6.45, 7) is 10.1. The molecule has 0 fully saturated rings. The Morgan fingerprint density at radius 2 is 1.93 bits per heavy atom. The van der Waals surface area contributed by atoms with Crippen molar-refractivity contribution in [2.75, 3.05) is 0 Å². The summed E-state index contributed by atoms with van der Waals surface area (Å²) >= 11 is 0. The van der Waals surface area contributed by atoms with Crippen molar-refractivity contribution >= 4 is 30.2 Å². The molecule has 0 unspecified atom stereocenters. The average Bonchev–Trinajstić information content (AvgIpc) is 2.89. The Kier molecular flexibility index (Phi) is 6.61. The molecular weight excluding hydrogens is 339 g/mol. The molecule has 0 saturated heterocycles. The van der Waals surface area contributed by atoms with Gasteiger partial charge in [-0.3, -0.25) is 0 Å². The highest BCUT2D eigenvalue weighted by Gasteiger charge is 2.11. The number of allylic oxidation sites excluding steroid dienone is 1. The number of aromatic nitrogens is 2. The van der Waals surface area contributed by atoms with Crippen LogP contribution < -0.4 is 10.6 Å². The molecule has 0 aliphatic carbocycles. The Balaban J connectivity index is 2.59. The first-order chi connectivity index (χ1) is 12.7. The minimum atomic E-state index is -0.579. The summed E-state index contributed by atoms with van der Waals surface area (Å²) in [6.07, 6.45) is 8.75. The number of halogens is 1. The summed E-state index contributed by atoms with van der Waals surface area (Å²) in [6, 6.07) is 2.97. The first-order valence-corrected chi connectivity index (χ1v) is 9.08. The molecule has 0 aromatic carbocycles. The smallest absolute Gasteiger partial charge is 0.213 e. The Morgan fingerprint density at radius 1 is 1.22 bits per heavy atom. The highest BCUT2D eigenvalue weighted by Crippen LogP contribution is 2.16. The van der Waals surface area contributed by atoms with Crippen molar-refractivity contribution in [1.82, 2.24) is 9.97 Å². The molecule has 0 aliphatic heterocycles. The van der Waals surface area contributed by atoms with Crippen molar-refractivity contribution in [2.24, 2.45) is 5.92 Å².